The molecule has 3 N–H and O–H groups in total. The topological polar surface area (TPSA) is 96.7 Å². The lowest BCUT2D eigenvalue weighted by Crippen LogP contribution is -2.36. The van der Waals surface area contributed by atoms with Gasteiger partial charge in [-0.3, -0.25) is 0 Å². The summed E-state index contributed by atoms with van der Waals surface area (Å²) in [5, 5.41) is 33.3. The van der Waals surface area contributed by atoms with Gasteiger partial charge in [0.15, 0.2) is 11.5 Å². The minimum absolute atomic E-state index is 0.142. The van der Waals surface area contributed by atoms with Gasteiger partial charge < -0.3 is 25.0 Å². The van der Waals surface area contributed by atoms with E-state index in [9.17, 15) is 10.2 Å². The number of nitrogens with zero attached hydrogens (tertiary/aromatic N) is 2. The number of aromatic hydroxyl groups is 1. The predicted octanol–water partition coefficient (Wildman–Crippen LogP) is 4.08. The van der Waals surface area contributed by atoms with E-state index in [-0.39, 0.29) is 18.4 Å². The maximum absolute atomic E-state index is 10.4. The summed E-state index contributed by atoms with van der Waals surface area (Å²) in [5.41, 5.74) is 2.01. The van der Waals surface area contributed by atoms with Crippen LogP contribution in [0.1, 0.15) is 34.5 Å². The van der Waals surface area contributed by atoms with Crippen molar-refractivity contribution in [3.05, 3.63) is 63.6 Å². The molecular formula is C25H31N3O4S. The molecule has 0 saturated heterocycles. The molecule has 176 valence electrons. The van der Waals surface area contributed by atoms with Crippen LogP contribution in [-0.4, -0.2) is 52.8 Å². The molecule has 0 radical (unpaired) electrons. The van der Waals surface area contributed by atoms with Crippen LogP contribution < -0.4 is 14.8 Å². The largest absolute Gasteiger partial charge is 0.504 e. The Kier molecular flexibility index (Phi) is 9.24. The van der Waals surface area contributed by atoms with Gasteiger partial charge in [0.05, 0.1) is 7.11 Å². The molecule has 3 rings (SSSR count). The molecule has 1 heterocycles. The second-order valence-electron chi connectivity index (χ2n) is 7.85. The Morgan fingerprint density at radius 2 is 1.94 bits per heavy atom. The monoisotopic (exact) mass is 469 g/mol. The summed E-state index contributed by atoms with van der Waals surface area (Å²) >= 11 is 1.53. The Labute approximate surface area is 198 Å². The Morgan fingerprint density at radius 3 is 2.70 bits per heavy atom. The van der Waals surface area contributed by atoms with E-state index in [2.05, 4.69) is 22.4 Å². The fraction of sp³-hybridized carbons (Fsp3) is 0.360. The van der Waals surface area contributed by atoms with Gasteiger partial charge in [0.25, 0.3) is 0 Å². The van der Waals surface area contributed by atoms with Gasteiger partial charge in [-0.25, -0.2) is 0 Å². The second kappa shape index (κ2) is 12.3. The quantitative estimate of drug-likeness (QED) is 0.368. The van der Waals surface area contributed by atoms with E-state index in [4.69, 9.17) is 9.47 Å². The smallest absolute Gasteiger partial charge is 0.160 e. The maximum atomic E-state index is 10.4. The molecule has 0 aliphatic rings. The van der Waals surface area contributed by atoms with Crippen LogP contribution in [0.3, 0.4) is 0 Å². The van der Waals surface area contributed by atoms with Gasteiger partial charge in [-0.1, -0.05) is 35.6 Å². The van der Waals surface area contributed by atoms with Crippen LogP contribution in [0.15, 0.2) is 42.5 Å². The Bertz CT molecular complexity index is 1050. The van der Waals surface area contributed by atoms with E-state index in [1.807, 2.05) is 55.5 Å². The first-order chi connectivity index (χ1) is 15.9. The molecule has 0 aliphatic heterocycles. The summed E-state index contributed by atoms with van der Waals surface area (Å²) in [5.74, 6) is 1.33. The molecular weight excluding hydrogens is 438 g/mol. The van der Waals surface area contributed by atoms with Crippen LogP contribution in [0.5, 0.6) is 17.2 Å². The molecule has 33 heavy (non-hydrogen) atoms. The number of rotatable bonds is 12. The van der Waals surface area contributed by atoms with Crippen molar-refractivity contribution in [2.45, 2.75) is 38.8 Å². The van der Waals surface area contributed by atoms with E-state index in [0.29, 0.717) is 18.0 Å². The summed E-state index contributed by atoms with van der Waals surface area (Å²) in [7, 11) is 1.54. The molecule has 2 aromatic carbocycles. The zero-order valence-electron chi connectivity index (χ0n) is 19.2. The molecule has 0 saturated carbocycles. The van der Waals surface area contributed by atoms with Gasteiger partial charge in [-0.2, -0.15) is 0 Å². The number of aliphatic hydroxyl groups excluding tert-OH is 1. The van der Waals surface area contributed by atoms with E-state index in [1.165, 1.54) is 11.3 Å². The first kappa shape index (κ1) is 24.7. The molecule has 1 aromatic heterocycles. The van der Waals surface area contributed by atoms with Crippen molar-refractivity contribution < 1.29 is 19.7 Å². The standard InChI is InChI=1S/C25H31N3O4S/c1-17(8-9-19-10-12-22(30)24(14-19)31-3)26-15-21(29)16-32-23-7-5-4-6-20(23)11-13-25-28-27-18(2)33-25/h4-7,10-14,17,21,26,29-30H,8-9,15-16H2,1-3H3/b13-11-. The van der Waals surface area contributed by atoms with Crippen LogP contribution in [-0.2, 0) is 6.42 Å². The van der Waals surface area contributed by atoms with Crippen molar-refractivity contribution in [2.75, 3.05) is 20.3 Å². The first-order valence-corrected chi connectivity index (χ1v) is 11.7. The Balaban J connectivity index is 1.43. The molecule has 2 atom stereocenters. The zero-order chi connectivity index (χ0) is 23.6. The first-order valence-electron chi connectivity index (χ1n) is 10.9. The van der Waals surface area contributed by atoms with Crippen molar-refractivity contribution in [3.8, 4) is 17.2 Å². The van der Waals surface area contributed by atoms with Gasteiger partial charge in [-0.05, 0) is 62.6 Å². The van der Waals surface area contributed by atoms with Crippen molar-refractivity contribution in [3.63, 3.8) is 0 Å². The summed E-state index contributed by atoms with van der Waals surface area (Å²) < 4.78 is 11.0. The van der Waals surface area contributed by atoms with Crippen LogP contribution in [0.4, 0.5) is 0 Å². The van der Waals surface area contributed by atoms with Crippen molar-refractivity contribution in [1.82, 2.24) is 15.5 Å². The zero-order valence-corrected chi connectivity index (χ0v) is 20.0. The number of aryl methyl sites for hydroxylation is 2. The predicted molar refractivity (Wildman–Crippen MR) is 132 cm³/mol. The van der Waals surface area contributed by atoms with Crippen LogP contribution in [0.25, 0.3) is 12.2 Å². The normalized spacial score (nSPS) is 13.2. The molecule has 0 amide bonds. The number of aliphatic hydroxyl groups is 1. The third-order valence-electron chi connectivity index (χ3n) is 5.11. The van der Waals surface area contributed by atoms with Gasteiger partial charge in [-0.15, -0.1) is 10.2 Å². The molecule has 3 aromatic rings. The number of phenolic OH excluding ortho intramolecular Hbond substituents is 1. The van der Waals surface area contributed by atoms with E-state index in [0.717, 1.165) is 34.0 Å². The van der Waals surface area contributed by atoms with Crippen LogP contribution in [0.2, 0.25) is 0 Å². The van der Waals surface area contributed by atoms with Crippen molar-refractivity contribution in [2.24, 2.45) is 0 Å². The van der Waals surface area contributed by atoms with E-state index in [1.54, 1.807) is 13.2 Å². The van der Waals surface area contributed by atoms with Crippen molar-refractivity contribution in [1.29, 1.82) is 0 Å². The Hall–Kier alpha value is -2.94. The number of methoxy groups -OCH3 is 1. The molecule has 8 heteroatoms. The fourth-order valence-electron chi connectivity index (χ4n) is 3.23. The lowest BCUT2D eigenvalue weighted by molar-refractivity contribution is 0.104. The number of aromatic nitrogens is 2. The fourth-order valence-corrected chi connectivity index (χ4v) is 3.84. The van der Waals surface area contributed by atoms with Gasteiger partial charge in [0.2, 0.25) is 0 Å². The minimum atomic E-state index is -0.635. The molecule has 0 aliphatic carbocycles. The van der Waals surface area contributed by atoms with Gasteiger partial charge >= 0.3 is 0 Å². The van der Waals surface area contributed by atoms with Crippen LogP contribution >= 0.6 is 11.3 Å². The summed E-state index contributed by atoms with van der Waals surface area (Å²) in [6.07, 6.45) is 4.95. The lowest BCUT2D eigenvalue weighted by Gasteiger charge is -2.18. The number of nitrogens with one attached hydrogen (secondary N) is 1. The molecule has 7 nitrogen and oxygen atoms in total. The van der Waals surface area contributed by atoms with Gasteiger partial charge in [0, 0.05) is 18.2 Å². The number of hydrogen-bond acceptors (Lipinski definition) is 8. The number of ether oxygens (including phenoxy) is 2. The van der Waals surface area contributed by atoms with E-state index >= 15 is 0 Å². The molecule has 0 fully saturated rings. The van der Waals surface area contributed by atoms with E-state index < -0.39 is 6.10 Å². The summed E-state index contributed by atoms with van der Waals surface area (Å²) in [6.45, 7) is 4.63. The number of para-hydroxylation sites is 1. The minimum Gasteiger partial charge on any atom is -0.504 e. The van der Waals surface area contributed by atoms with Gasteiger partial charge in [0.1, 0.15) is 28.5 Å². The third-order valence-corrected chi connectivity index (χ3v) is 5.91. The summed E-state index contributed by atoms with van der Waals surface area (Å²) in [6, 6.07) is 13.3. The molecule has 0 bridgehead atoms. The highest BCUT2D eigenvalue weighted by atomic mass is 32.1. The SMILES string of the molecule is COc1cc(CCC(C)NCC(O)COc2ccccc2/C=C\c2nnc(C)s2)ccc1O. The second-order valence-corrected chi connectivity index (χ2v) is 9.06. The van der Waals surface area contributed by atoms with Crippen molar-refractivity contribution >= 4 is 23.5 Å². The Morgan fingerprint density at radius 1 is 1.12 bits per heavy atom. The molecule has 0 spiro atoms. The maximum Gasteiger partial charge on any atom is 0.160 e. The highest BCUT2D eigenvalue weighted by Crippen LogP contribution is 2.27. The number of benzene rings is 2. The third kappa shape index (κ3) is 7.85. The summed E-state index contributed by atoms with van der Waals surface area (Å²) in [4.78, 5) is 0. The highest BCUT2D eigenvalue weighted by Gasteiger charge is 2.10. The average molecular weight is 470 g/mol. The number of hydrogen-bond donors (Lipinski definition) is 3. The molecule has 2 unspecified atom stereocenters. The highest BCUT2D eigenvalue weighted by molar-refractivity contribution is 7.12. The average Bonchev–Trinajstić information content (AvgIpc) is 3.25. The van der Waals surface area contributed by atoms with Crippen LogP contribution in [0, 0.1) is 6.92 Å². The lowest BCUT2D eigenvalue weighted by atomic mass is 10.1. The number of phenols is 1.